The third-order valence-electron chi connectivity index (χ3n) is 0.871. The van der Waals surface area contributed by atoms with Gasteiger partial charge >= 0.3 is 0 Å². The van der Waals surface area contributed by atoms with Gasteiger partial charge in [-0.15, -0.1) is 0 Å². The van der Waals surface area contributed by atoms with Crippen LogP contribution in [0.3, 0.4) is 0 Å². The minimum absolute atomic E-state index is 0.316. The van der Waals surface area contributed by atoms with Crippen LogP contribution in [-0.2, 0) is 0 Å². The summed E-state index contributed by atoms with van der Waals surface area (Å²) in [5.41, 5.74) is 0. The average molecular weight is 270 g/mol. The Labute approximate surface area is 74.3 Å². The van der Waals surface area contributed by atoms with Gasteiger partial charge in [-0.05, 0) is 12.1 Å². The Morgan fingerprint density at radius 2 is 2.40 bits per heavy atom. The van der Waals surface area contributed by atoms with Crippen LogP contribution in [0.5, 0.6) is 0 Å². The molecule has 1 aromatic heterocycles. The molecule has 0 radical (unpaired) electrons. The van der Waals surface area contributed by atoms with Gasteiger partial charge in [0, 0.05) is 30.3 Å². The number of nitrogens with one attached hydrogen (secondary N) is 1. The van der Waals surface area contributed by atoms with Crippen molar-refractivity contribution in [2.75, 3.05) is 4.72 Å². The summed E-state index contributed by atoms with van der Waals surface area (Å²) in [6, 6.07) is 2.95. The number of nitrogens with zero attached hydrogens (tertiary/aromatic N) is 1. The number of aromatic nitrogens is 1. The zero-order valence-corrected chi connectivity index (χ0v) is 7.82. The van der Waals surface area contributed by atoms with Gasteiger partial charge in [-0.3, -0.25) is 0 Å². The molecule has 10 heavy (non-hydrogen) atoms. The maximum atomic E-state index is 12.2. The minimum atomic E-state index is -0.316. The molecule has 0 aliphatic carbocycles. The first-order valence-electron chi connectivity index (χ1n) is 2.48. The highest BCUT2D eigenvalue weighted by Crippen LogP contribution is 2.14. The maximum Gasteiger partial charge on any atom is 0.141 e. The molecule has 1 N–H and O–H groups in total. The van der Waals surface area contributed by atoms with Crippen LogP contribution in [-0.4, -0.2) is 4.98 Å². The van der Waals surface area contributed by atoms with Gasteiger partial charge < -0.3 is 4.72 Å². The van der Waals surface area contributed by atoms with Gasteiger partial charge in [0.1, 0.15) is 11.6 Å². The van der Waals surface area contributed by atoms with Crippen molar-refractivity contribution in [2.24, 2.45) is 0 Å². The van der Waals surface area contributed by atoms with Crippen LogP contribution < -0.4 is 4.72 Å². The molecule has 0 amide bonds. The van der Waals surface area contributed by atoms with Crippen molar-refractivity contribution in [1.82, 2.24) is 4.98 Å². The summed E-state index contributed by atoms with van der Waals surface area (Å²) in [5, 5.41) is 0. The Bertz CT molecular complexity index is 203. The summed E-state index contributed by atoms with van der Waals surface area (Å²) in [7, 11) is 1.40. The van der Waals surface area contributed by atoms with Crippen LogP contribution in [0.25, 0.3) is 0 Å². The molecule has 0 saturated carbocycles. The molecule has 0 unspecified atom stereocenters. The topological polar surface area (TPSA) is 24.9 Å². The third kappa shape index (κ3) is 2.30. The number of halogens is 2. The van der Waals surface area contributed by atoms with Gasteiger partial charge in [-0.25, -0.2) is 9.37 Å². The molecule has 0 atom stereocenters. The number of hydrogen-bond donors (Lipinski definition) is 1. The molecule has 1 rings (SSSR count). The quantitative estimate of drug-likeness (QED) is 0.660. The standard InChI is InChI=1S/C5H4FIN2S/c6-4-1-2-5(8-3-4)9-10-7/h1-3H,(H,8,9). The Morgan fingerprint density at radius 1 is 1.60 bits per heavy atom. The molecule has 0 spiro atoms. The second-order valence-electron chi connectivity index (χ2n) is 1.54. The average Bonchev–Trinajstić information content (AvgIpc) is 1.95. The van der Waals surface area contributed by atoms with Crippen molar-refractivity contribution in [2.45, 2.75) is 0 Å². The van der Waals surface area contributed by atoms with Crippen LogP contribution in [0.15, 0.2) is 18.3 Å². The largest absolute Gasteiger partial charge is 0.306 e. The molecule has 1 aromatic rings. The molecule has 1 heterocycles. The summed E-state index contributed by atoms with van der Waals surface area (Å²) in [4.78, 5) is 3.76. The summed E-state index contributed by atoms with van der Waals surface area (Å²) in [6.45, 7) is 0. The molecule has 0 bridgehead atoms. The highest BCUT2D eigenvalue weighted by molar-refractivity contribution is 14.2. The lowest BCUT2D eigenvalue weighted by molar-refractivity contribution is 0.622. The zero-order valence-electron chi connectivity index (χ0n) is 4.84. The number of hydrogen-bond acceptors (Lipinski definition) is 3. The minimum Gasteiger partial charge on any atom is -0.306 e. The Hall–Kier alpha value is -0.0400. The molecule has 2 nitrogen and oxygen atoms in total. The molecule has 0 aliphatic heterocycles. The normalized spacial score (nSPS) is 9.40. The monoisotopic (exact) mass is 270 g/mol. The van der Waals surface area contributed by atoms with Crippen LogP contribution in [0, 0.1) is 5.82 Å². The lowest BCUT2D eigenvalue weighted by atomic mass is 10.5. The lowest BCUT2D eigenvalue weighted by Crippen LogP contribution is -1.86. The number of rotatable bonds is 2. The van der Waals surface area contributed by atoms with Gasteiger partial charge in [-0.1, -0.05) is 0 Å². The van der Waals surface area contributed by atoms with Crippen molar-refractivity contribution in [3.63, 3.8) is 0 Å². The summed E-state index contributed by atoms with van der Waals surface area (Å²) in [5.74, 6) is 0.352. The fourth-order valence-electron chi connectivity index (χ4n) is 0.476. The van der Waals surface area contributed by atoms with Gasteiger partial charge in [0.2, 0.25) is 0 Å². The SMILES string of the molecule is Fc1ccc(NSI)nc1. The third-order valence-corrected chi connectivity index (χ3v) is 1.82. The van der Waals surface area contributed by atoms with Gasteiger partial charge in [0.25, 0.3) is 0 Å². The molecular weight excluding hydrogens is 266 g/mol. The summed E-state index contributed by atoms with van der Waals surface area (Å²) in [6.07, 6.45) is 1.18. The highest BCUT2D eigenvalue weighted by atomic mass is 127. The van der Waals surface area contributed by atoms with Crippen molar-refractivity contribution in [3.8, 4) is 0 Å². The van der Waals surface area contributed by atoms with Crippen molar-refractivity contribution >= 4 is 36.1 Å². The zero-order chi connectivity index (χ0) is 7.40. The van der Waals surface area contributed by atoms with E-state index in [0.717, 1.165) is 0 Å². The summed E-state index contributed by atoms with van der Waals surface area (Å²) < 4.78 is 15.1. The van der Waals surface area contributed by atoms with E-state index in [9.17, 15) is 4.39 Å². The van der Waals surface area contributed by atoms with Gasteiger partial charge in [0.15, 0.2) is 0 Å². The molecule has 54 valence electrons. The first-order chi connectivity index (χ1) is 4.83. The van der Waals surface area contributed by atoms with Crippen LogP contribution in [0.1, 0.15) is 0 Å². The predicted molar refractivity (Wildman–Crippen MR) is 49.4 cm³/mol. The molecule has 0 fully saturated rings. The first kappa shape index (κ1) is 8.06. The Kier molecular flexibility index (Phi) is 3.20. The van der Waals surface area contributed by atoms with E-state index in [1.54, 1.807) is 6.07 Å². The second-order valence-corrected chi connectivity index (χ2v) is 3.22. The molecule has 0 aliphatic rings. The van der Waals surface area contributed by atoms with Crippen LogP contribution in [0.4, 0.5) is 10.2 Å². The van der Waals surface area contributed by atoms with Crippen molar-refractivity contribution < 1.29 is 4.39 Å². The van der Waals surface area contributed by atoms with Crippen molar-refractivity contribution in [3.05, 3.63) is 24.1 Å². The second kappa shape index (κ2) is 3.97. The van der Waals surface area contributed by atoms with E-state index in [4.69, 9.17) is 0 Å². The Morgan fingerprint density at radius 3 is 2.90 bits per heavy atom. The summed E-state index contributed by atoms with van der Waals surface area (Å²) >= 11 is 2.07. The van der Waals surface area contributed by atoms with E-state index in [1.165, 1.54) is 21.4 Å². The predicted octanol–water partition coefficient (Wildman–Crippen LogP) is 2.63. The fraction of sp³-hybridized carbons (Fsp3) is 0. The smallest absolute Gasteiger partial charge is 0.141 e. The molecule has 0 aromatic carbocycles. The molecular formula is C5H4FIN2S. The maximum absolute atomic E-state index is 12.2. The number of pyridine rings is 1. The van der Waals surface area contributed by atoms with E-state index in [2.05, 4.69) is 30.9 Å². The highest BCUT2D eigenvalue weighted by Gasteiger charge is 1.91. The van der Waals surface area contributed by atoms with E-state index in [0.29, 0.717) is 5.82 Å². The lowest BCUT2D eigenvalue weighted by Gasteiger charge is -1.96. The van der Waals surface area contributed by atoms with Crippen LogP contribution in [0.2, 0.25) is 0 Å². The fourth-order valence-corrected chi connectivity index (χ4v) is 1.35. The molecule has 5 heteroatoms. The van der Waals surface area contributed by atoms with E-state index in [1.807, 2.05) is 0 Å². The Balaban J connectivity index is 2.69. The number of anilines is 1. The van der Waals surface area contributed by atoms with Gasteiger partial charge in [0.05, 0.1) is 6.20 Å². The van der Waals surface area contributed by atoms with Gasteiger partial charge in [-0.2, -0.15) is 0 Å². The van der Waals surface area contributed by atoms with Crippen molar-refractivity contribution in [1.29, 1.82) is 0 Å². The molecule has 0 saturated heterocycles. The van der Waals surface area contributed by atoms with E-state index >= 15 is 0 Å². The van der Waals surface area contributed by atoms with Crippen LogP contribution >= 0.6 is 30.3 Å². The van der Waals surface area contributed by atoms with E-state index < -0.39 is 0 Å². The first-order valence-corrected chi connectivity index (χ1v) is 5.84. The van der Waals surface area contributed by atoms with E-state index in [-0.39, 0.29) is 5.82 Å².